The van der Waals surface area contributed by atoms with E-state index in [1.807, 2.05) is 6.92 Å². The smallest absolute Gasteiger partial charge is 0.224 e. The Labute approximate surface area is 106 Å². The average Bonchev–Trinajstić information content (AvgIpc) is 2.28. The van der Waals surface area contributed by atoms with Crippen LogP contribution in [0.3, 0.4) is 0 Å². The number of aryl methyl sites for hydroxylation is 2. The fraction of sp³-hybridized carbons (Fsp3) is 0.167. The van der Waals surface area contributed by atoms with Crippen molar-refractivity contribution in [2.45, 2.75) is 23.8 Å². The fourth-order valence-electron chi connectivity index (χ4n) is 1.54. The standard InChI is InChI=1S/C12H13N3O2S/c1-8-3-5-10(6-4-8)18(16,17)11-7-9(2)14-12(13)15-11/h3-7H,1-2H3,(H2,13,14,15). The first-order valence-electron chi connectivity index (χ1n) is 5.32. The lowest BCUT2D eigenvalue weighted by molar-refractivity contribution is 0.592. The Balaban J connectivity index is 2.57. The number of hydrogen-bond acceptors (Lipinski definition) is 5. The highest BCUT2D eigenvalue weighted by atomic mass is 32.2. The van der Waals surface area contributed by atoms with Crippen molar-refractivity contribution in [3.8, 4) is 0 Å². The molecule has 18 heavy (non-hydrogen) atoms. The van der Waals surface area contributed by atoms with Gasteiger partial charge in [0.05, 0.1) is 4.90 Å². The zero-order valence-electron chi connectivity index (χ0n) is 10.1. The minimum Gasteiger partial charge on any atom is -0.368 e. The van der Waals surface area contributed by atoms with Crippen molar-refractivity contribution >= 4 is 15.8 Å². The maximum atomic E-state index is 12.3. The van der Waals surface area contributed by atoms with Crippen LogP contribution < -0.4 is 5.73 Å². The molecule has 1 heterocycles. The molecule has 0 unspecified atom stereocenters. The van der Waals surface area contributed by atoms with Crippen molar-refractivity contribution in [2.24, 2.45) is 0 Å². The van der Waals surface area contributed by atoms with Crippen molar-refractivity contribution in [1.29, 1.82) is 0 Å². The van der Waals surface area contributed by atoms with Crippen LogP contribution >= 0.6 is 0 Å². The van der Waals surface area contributed by atoms with Crippen molar-refractivity contribution in [2.75, 3.05) is 5.73 Å². The lowest BCUT2D eigenvalue weighted by atomic mass is 10.2. The minimum absolute atomic E-state index is 0.0410. The Bertz CT molecular complexity index is 659. The summed E-state index contributed by atoms with van der Waals surface area (Å²) in [5.41, 5.74) is 6.99. The molecule has 0 aliphatic carbocycles. The number of sulfone groups is 1. The van der Waals surface area contributed by atoms with Crippen LogP contribution in [0, 0.1) is 13.8 Å². The summed E-state index contributed by atoms with van der Waals surface area (Å²) < 4.78 is 24.6. The lowest BCUT2D eigenvalue weighted by Crippen LogP contribution is -2.08. The van der Waals surface area contributed by atoms with Crippen molar-refractivity contribution in [3.05, 3.63) is 41.6 Å². The van der Waals surface area contributed by atoms with Crippen LogP contribution in [0.2, 0.25) is 0 Å². The highest BCUT2D eigenvalue weighted by Crippen LogP contribution is 2.20. The first-order chi connectivity index (χ1) is 8.39. The summed E-state index contributed by atoms with van der Waals surface area (Å²) in [7, 11) is -3.63. The quantitative estimate of drug-likeness (QED) is 0.830. The van der Waals surface area contributed by atoms with Gasteiger partial charge in [-0.1, -0.05) is 17.7 Å². The third-order valence-electron chi connectivity index (χ3n) is 2.45. The molecule has 0 radical (unpaired) electrons. The van der Waals surface area contributed by atoms with Crippen LogP contribution in [0.25, 0.3) is 0 Å². The number of nitrogens with zero attached hydrogens (tertiary/aromatic N) is 2. The van der Waals surface area contributed by atoms with E-state index in [2.05, 4.69) is 9.97 Å². The Morgan fingerprint density at radius 1 is 1.06 bits per heavy atom. The van der Waals surface area contributed by atoms with Gasteiger partial charge in [-0.05, 0) is 32.0 Å². The molecule has 2 N–H and O–H groups in total. The molecule has 0 aliphatic rings. The Morgan fingerprint density at radius 3 is 2.22 bits per heavy atom. The van der Waals surface area contributed by atoms with Gasteiger partial charge in [-0.15, -0.1) is 0 Å². The van der Waals surface area contributed by atoms with Gasteiger partial charge in [0.25, 0.3) is 0 Å². The van der Waals surface area contributed by atoms with Gasteiger partial charge in [0, 0.05) is 5.69 Å². The van der Waals surface area contributed by atoms with Crippen LogP contribution in [0.4, 0.5) is 5.95 Å². The second kappa shape index (κ2) is 4.38. The number of rotatable bonds is 2. The van der Waals surface area contributed by atoms with E-state index in [-0.39, 0.29) is 15.9 Å². The maximum Gasteiger partial charge on any atom is 0.224 e. The van der Waals surface area contributed by atoms with E-state index in [1.165, 1.54) is 6.07 Å². The van der Waals surface area contributed by atoms with Crippen molar-refractivity contribution < 1.29 is 8.42 Å². The summed E-state index contributed by atoms with van der Waals surface area (Å²) in [5, 5.41) is -0.0728. The summed E-state index contributed by atoms with van der Waals surface area (Å²) in [6.45, 7) is 3.56. The van der Waals surface area contributed by atoms with Gasteiger partial charge in [-0.25, -0.2) is 18.4 Å². The molecule has 0 saturated carbocycles. The average molecular weight is 263 g/mol. The van der Waals surface area contributed by atoms with Crippen LogP contribution in [0.5, 0.6) is 0 Å². The minimum atomic E-state index is -3.63. The number of aromatic nitrogens is 2. The van der Waals surface area contributed by atoms with Gasteiger partial charge >= 0.3 is 0 Å². The SMILES string of the molecule is Cc1ccc(S(=O)(=O)c2cc(C)nc(N)n2)cc1. The van der Waals surface area contributed by atoms with E-state index >= 15 is 0 Å². The molecule has 0 spiro atoms. The second-order valence-electron chi connectivity index (χ2n) is 4.02. The van der Waals surface area contributed by atoms with E-state index < -0.39 is 9.84 Å². The Kier molecular flexibility index (Phi) is 3.04. The van der Waals surface area contributed by atoms with Gasteiger partial charge in [0.1, 0.15) is 0 Å². The van der Waals surface area contributed by atoms with Crippen LogP contribution in [0.1, 0.15) is 11.3 Å². The van der Waals surface area contributed by atoms with Crippen LogP contribution in [0.15, 0.2) is 40.3 Å². The number of nitrogen functional groups attached to an aromatic ring is 1. The molecule has 6 heteroatoms. The molecule has 0 fully saturated rings. The van der Waals surface area contributed by atoms with E-state index in [9.17, 15) is 8.42 Å². The first-order valence-corrected chi connectivity index (χ1v) is 6.81. The van der Waals surface area contributed by atoms with E-state index in [0.29, 0.717) is 5.69 Å². The number of anilines is 1. The molecule has 2 aromatic rings. The Hall–Kier alpha value is -1.95. The Morgan fingerprint density at radius 2 is 1.67 bits per heavy atom. The number of hydrogen-bond donors (Lipinski definition) is 1. The number of benzene rings is 1. The second-order valence-corrected chi connectivity index (χ2v) is 5.92. The highest BCUT2D eigenvalue weighted by molar-refractivity contribution is 7.91. The third kappa shape index (κ3) is 2.33. The summed E-state index contributed by atoms with van der Waals surface area (Å²) in [5.74, 6) is -0.0410. The van der Waals surface area contributed by atoms with Crippen molar-refractivity contribution in [3.63, 3.8) is 0 Å². The first kappa shape index (κ1) is 12.5. The zero-order chi connectivity index (χ0) is 13.3. The topological polar surface area (TPSA) is 85.9 Å². The summed E-state index contributed by atoms with van der Waals surface area (Å²) >= 11 is 0. The predicted octanol–water partition coefficient (Wildman–Crippen LogP) is 1.51. The molecule has 0 saturated heterocycles. The van der Waals surface area contributed by atoms with E-state index in [0.717, 1.165) is 5.56 Å². The third-order valence-corrected chi connectivity index (χ3v) is 4.11. The van der Waals surface area contributed by atoms with Gasteiger partial charge in [0.15, 0.2) is 5.03 Å². The van der Waals surface area contributed by atoms with Gasteiger partial charge in [-0.3, -0.25) is 0 Å². The van der Waals surface area contributed by atoms with E-state index in [1.54, 1.807) is 31.2 Å². The summed E-state index contributed by atoms with van der Waals surface area (Å²) in [6, 6.07) is 8.00. The monoisotopic (exact) mass is 263 g/mol. The van der Waals surface area contributed by atoms with Crippen LogP contribution in [-0.2, 0) is 9.84 Å². The molecular weight excluding hydrogens is 250 g/mol. The molecular formula is C12H13N3O2S. The predicted molar refractivity (Wildman–Crippen MR) is 67.8 cm³/mol. The normalized spacial score (nSPS) is 11.4. The molecule has 0 amide bonds. The maximum absolute atomic E-state index is 12.3. The van der Waals surface area contributed by atoms with Gasteiger partial charge < -0.3 is 5.73 Å². The molecule has 5 nitrogen and oxygen atoms in total. The number of nitrogens with two attached hydrogens (primary N) is 1. The largest absolute Gasteiger partial charge is 0.368 e. The molecule has 0 atom stereocenters. The summed E-state index contributed by atoms with van der Waals surface area (Å²) in [4.78, 5) is 7.84. The van der Waals surface area contributed by atoms with Crippen LogP contribution in [-0.4, -0.2) is 18.4 Å². The van der Waals surface area contributed by atoms with Gasteiger partial charge in [-0.2, -0.15) is 0 Å². The molecule has 0 bridgehead atoms. The highest BCUT2D eigenvalue weighted by Gasteiger charge is 2.20. The molecule has 1 aromatic carbocycles. The van der Waals surface area contributed by atoms with E-state index in [4.69, 9.17) is 5.73 Å². The van der Waals surface area contributed by atoms with Gasteiger partial charge in [0.2, 0.25) is 15.8 Å². The molecule has 94 valence electrons. The lowest BCUT2D eigenvalue weighted by Gasteiger charge is -2.05. The molecule has 0 aliphatic heterocycles. The molecule has 2 rings (SSSR count). The van der Waals surface area contributed by atoms with Crippen molar-refractivity contribution in [1.82, 2.24) is 9.97 Å². The zero-order valence-corrected chi connectivity index (χ0v) is 10.9. The fourth-order valence-corrected chi connectivity index (χ4v) is 2.81. The summed E-state index contributed by atoms with van der Waals surface area (Å²) in [6.07, 6.45) is 0. The molecule has 1 aromatic heterocycles.